The number of nitrogens with one attached hydrogen (secondary N) is 1. The van der Waals surface area contributed by atoms with Crippen LogP contribution in [0.2, 0.25) is 0 Å². The van der Waals surface area contributed by atoms with E-state index in [1.165, 1.54) is 19.1 Å². The molecule has 2 bridgehead atoms. The number of benzene rings is 2. The van der Waals surface area contributed by atoms with Crippen molar-refractivity contribution in [2.45, 2.75) is 92.9 Å². The number of carbonyl (C=O) groups excluding carboxylic acids is 3. The number of methoxy groups -OCH3 is 3. The first kappa shape index (κ1) is 37.4. The molecule has 3 aromatic rings. The highest BCUT2D eigenvalue weighted by atomic mass is 16.5. The number of ether oxygens (including phenoxy) is 3. The second kappa shape index (κ2) is 12.9. The van der Waals surface area contributed by atoms with Crippen molar-refractivity contribution in [1.29, 1.82) is 0 Å². The van der Waals surface area contributed by atoms with Crippen LogP contribution in [-0.4, -0.2) is 121 Å². The quantitative estimate of drug-likeness (QED) is 0.184. The predicted molar refractivity (Wildman–Crippen MR) is 210 cm³/mol. The normalized spacial score (nSPS) is 37.0. The van der Waals surface area contributed by atoms with E-state index in [1.807, 2.05) is 37.3 Å². The second-order valence-corrected chi connectivity index (χ2v) is 17.5. The van der Waals surface area contributed by atoms with Gasteiger partial charge in [-0.2, -0.15) is 0 Å². The molecule has 1 spiro atoms. The van der Waals surface area contributed by atoms with E-state index in [2.05, 4.69) is 39.9 Å². The van der Waals surface area contributed by atoms with Gasteiger partial charge in [0.1, 0.15) is 11.2 Å². The lowest BCUT2D eigenvalue weighted by molar-refractivity contribution is -0.181. The SMILES string of the molecule is CCC1(O)CC2CN(CCc3c([nH]c4ccccc34)C(C(=O)OC)(c3cc4c(cc3OC)N(C=O)C3C(O)(C(=O)OC)CC5(CC)C=CCN6CCC43C65)C2)C1. The van der Waals surface area contributed by atoms with Crippen LogP contribution in [0, 0.1) is 11.3 Å². The summed E-state index contributed by atoms with van der Waals surface area (Å²) in [7, 11) is 4.27. The third kappa shape index (κ3) is 4.76. The number of amides is 1. The van der Waals surface area contributed by atoms with Crippen LogP contribution in [0.3, 0.4) is 0 Å². The summed E-state index contributed by atoms with van der Waals surface area (Å²) in [5.74, 6) is -0.932. The van der Waals surface area contributed by atoms with Crippen molar-refractivity contribution in [2.75, 3.05) is 59.0 Å². The van der Waals surface area contributed by atoms with E-state index < -0.39 is 45.4 Å². The number of nitrogens with zero attached hydrogens (tertiary/aromatic N) is 3. The van der Waals surface area contributed by atoms with Gasteiger partial charge in [-0.05, 0) is 80.7 Å². The van der Waals surface area contributed by atoms with Gasteiger partial charge in [-0.1, -0.05) is 44.2 Å². The molecule has 9 rings (SSSR count). The molecule has 9 atom stereocenters. The van der Waals surface area contributed by atoms with Crippen LogP contribution in [0.1, 0.15) is 74.8 Å². The summed E-state index contributed by atoms with van der Waals surface area (Å²) in [4.78, 5) is 52.8. The van der Waals surface area contributed by atoms with E-state index in [0.717, 1.165) is 34.1 Å². The highest BCUT2D eigenvalue weighted by Gasteiger charge is 2.76. The number of anilines is 1. The molecule has 6 aliphatic rings. The van der Waals surface area contributed by atoms with E-state index in [9.17, 15) is 19.8 Å². The largest absolute Gasteiger partial charge is 0.496 e. The Morgan fingerprint density at radius 1 is 0.982 bits per heavy atom. The van der Waals surface area contributed by atoms with Crippen LogP contribution in [0.25, 0.3) is 10.9 Å². The fourth-order valence-corrected chi connectivity index (χ4v) is 13.0. The van der Waals surface area contributed by atoms with E-state index in [4.69, 9.17) is 14.2 Å². The van der Waals surface area contributed by atoms with Gasteiger partial charge >= 0.3 is 11.9 Å². The molecule has 12 heteroatoms. The molecule has 1 amide bonds. The number of rotatable bonds is 7. The van der Waals surface area contributed by atoms with Crippen LogP contribution in [0.15, 0.2) is 48.6 Å². The molecule has 5 aliphatic heterocycles. The first-order chi connectivity index (χ1) is 26.9. The minimum absolute atomic E-state index is 0.0959. The number of esters is 2. The van der Waals surface area contributed by atoms with Crippen molar-refractivity contribution in [1.82, 2.24) is 14.8 Å². The van der Waals surface area contributed by atoms with Gasteiger partial charge in [0.2, 0.25) is 6.41 Å². The Morgan fingerprint density at radius 3 is 2.48 bits per heavy atom. The lowest BCUT2D eigenvalue weighted by Crippen LogP contribution is -2.74. The molecule has 9 unspecified atom stereocenters. The summed E-state index contributed by atoms with van der Waals surface area (Å²) >= 11 is 0. The van der Waals surface area contributed by atoms with E-state index in [0.29, 0.717) is 88.2 Å². The molecule has 12 nitrogen and oxygen atoms in total. The highest BCUT2D eigenvalue weighted by Crippen LogP contribution is 2.67. The maximum Gasteiger partial charge on any atom is 0.340 e. The molecule has 3 fully saturated rings. The third-order valence-corrected chi connectivity index (χ3v) is 15.1. The summed E-state index contributed by atoms with van der Waals surface area (Å²) in [6.45, 7) is 7.49. The summed E-state index contributed by atoms with van der Waals surface area (Å²) in [6.07, 6.45) is 8.41. The van der Waals surface area contributed by atoms with Gasteiger partial charge in [0.05, 0.1) is 38.7 Å². The molecule has 298 valence electrons. The van der Waals surface area contributed by atoms with E-state index in [1.54, 1.807) is 7.11 Å². The van der Waals surface area contributed by atoms with Crippen LogP contribution >= 0.6 is 0 Å². The van der Waals surface area contributed by atoms with Gasteiger partial charge in [0.15, 0.2) is 5.60 Å². The Kier molecular flexibility index (Phi) is 8.60. The van der Waals surface area contributed by atoms with Crippen molar-refractivity contribution in [3.05, 3.63) is 70.9 Å². The van der Waals surface area contributed by atoms with E-state index in [-0.39, 0.29) is 18.4 Å². The molecule has 2 saturated heterocycles. The molecule has 3 N–H and O–H groups in total. The molecule has 6 heterocycles. The van der Waals surface area contributed by atoms with Crippen LogP contribution in [0.4, 0.5) is 5.69 Å². The van der Waals surface area contributed by atoms with Crippen LogP contribution < -0.4 is 9.64 Å². The van der Waals surface area contributed by atoms with Crippen molar-refractivity contribution in [3.63, 3.8) is 0 Å². The summed E-state index contributed by atoms with van der Waals surface area (Å²) < 4.78 is 17.6. The number of aromatic nitrogens is 1. The molecule has 0 radical (unpaired) electrons. The van der Waals surface area contributed by atoms with Gasteiger partial charge < -0.3 is 34.3 Å². The number of hydrogen-bond acceptors (Lipinski definition) is 10. The van der Waals surface area contributed by atoms with Crippen molar-refractivity contribution < 1.29 is 38.8 Å². The van der Waals surface area contributed by atoms with Crippen molar-refractivity contribution >= 4 is 34.9 Å². The van der Waals surface area contributed by atoms with Gasteiger partial charge in [-0.15, -0.1) is 0 Å². The molecular weight excluding hydrogens is 713 g/mol. The molecule has 2 aromatic carbocycles. The number of piperidine rings is 1. The fraction of sp³-hybridized carbons (Fsp3) is 0.568. The number of carbonyl (C=O) groups is 3. The van der Waals surface area contributed by atoms with Gasteiger partial charge in [-0.3, -0.25) is 19.4 Å². The average molecular weight is 767 g/mol. The number of para-hydroxylation sites is 1. The van der Waals surface area contributed by atoms with Crippen LogP contribution in [0.5, 0.6) is 5.75 Å². The predicted octanol–water partition coefficient (Wildman–Crippen LogP) is 3.98. The molecule has 56 heavy (non-hydrogen) atoms. The first-order valence-electron chi connectivity index (χ1n) is 20.2. The van der Waals surface area contributed by atoms with Gasteiger partial charge in [0.25, 0.3) is 0 Å². The van der Waals surface area contributed by atoms with E-state index >= 15 is 4.79 Å². The van der Waals surface area contributed by atoms with Gasteiger partial charge in [0, 0.05) is 71.3 Å². The number of H-pyrrole nitrogens is 1. The second-order valence-electron chi connectivity index (χ2n) is 17.5. The topological polar surface area (TPSA) is 145 Å². The molecular formula is C44H54N4O8. The smallest absolute Gasteiger partial charge is 0.340 e. The average Bonchev–Trinajstić information content (AvgIpc) is 3.88. The number of aromatic amines is 1. The van der Waals surface area contributed by atoms with Gasteiger partial charge in [-0.25, -0.2) is 4.79 Å². The van der Waals surface area contributed by atoms with Crippen molar-refractivity contribution in [3.8, 4) is 5.75 Å². The maximum atomic E-state index is 15.2. The van der Waals surface area contributed by atoms with Crippen molar-refractivity contribution in [2.24, 2.45) is 11.3 Å². The minimum Gasteiger partial charge on any atom is -0.496 e. The molecule has 1 aromatic heterocycles. The Hall–Kier alpha value is -4.23. The Morgan fingerprint density at radius 2 is 1.77 bits per heavy atom. The minimum atomic E-state index is -2.04. The standard InChI is InChI=1S/C44H54N4O8/c1-6-40-14-10-16-47-18-15-42(36(40)47)30-19-31(34(54-3)20-33(30)48(26-49)37(42)44(53,24-40)39(51)56-5)43(38(50)55-4)22-27-21-41(52,7-2)25-46(23-27)17-13-29-28-11-8-9-12-32(28)45-35(29)43/h8-12,14,19-20,26-27,36-37,45,52-53H,6-7,13,15-18,21-25H2,1-5H3. The number of fused-ring (bicyclic) bond motifs is 6. The summed E-state index contributed by atoms with van der Waals surface area (Å²) in [5.41, 5.74) is -1.32. The monoisotopic (exact) mass is 766 g/mol. The summed E-state index contributed by atoms with van der Waals surface area (Å²) in [6, 6.07) is 10.9. The fourth-order valence-electron chi connectivity index (χ4n) is 13.0. The summed E-state index contributed by atoms with van der Waals surface area (Å²) in [5, 5.41) is 25.8. The first-order valence-corrected chi connectivity index (χ1v) is 20.2. The Bertz CT molecular complexity index is 2150. The molecule has 1 saturated carbocycles. The highest BCUT2D eigenvalue weighted by molar-refractivity contribution is 5.96. The zero-order valence-corrected chi connectivity index (χ0v) is 33.1. The van der Waals surface area contributed by atoms with Crippen LogP contribution in [-0.2, 0) is 41.1 Å². The molecule has 1 aliphatic carbocycles. The zero-order chi connectivity index (χ0) is 39.4. The number of hydrogen-bond donors (Lipinski definition) is 3. The third-order valence-electron chi connectivity index (χ3n) is 15.1. The lowest BCUT2D eigenvalue weighted by atomic mass is 9.49. The number of aliphatic hydroxyl groups is 2. The zero-order valence-electron chi connectivity index (χ0n) is 33.1. The Labute approximate surface area is 327 Å². The Balaban J connectivity index is 1.37. The maximum absolute atomic E-state index is 15.2. The lowest BCUT2D eigenvalue weighted by Gasteiger charge is -2.60.